The SMILES string of the molecule is CN(CCOc1nc2c(cc1C(=O)O)CCCC2)C1CC1. The first-order valence-corrected chi connectivity index (χ1v) is 7.74. The monoisotopic (exact) mass is 290 g/mol. The number of aryl methyl sites for hydroxylation is 2. The van der Waals surface area contributed by atoms with Crippen molar-refractivity contribution in [1.82, 2.24) is 9.88 Å². The second-order valence-corrected chi connectivity index (χ2v) is 6.02. The number of pyridine rings is 1. The smallest absolute Gasteiger partial charge is 0.341 e. The van der Waals surface area contributed by atoms with Crippen molar-refractivity contribution in [1.29, 1.82) is 0 Å². The molecule has 2 aliphatic rings. The van der Waals surface area contributed by atoms with E-state index >= 15 is 0 Å². The molecule has 0 bridgehead atoms. The summed E-state index contributed by atoms with van der Waals surface area (Å²) in [7, 11) is 2.08. The Morgan fingerprint density at radius 1 is 1.43 bits per heavy atom. The molecule has 21 heavy (non-hydrogen) atoms. The summed E-state index contributed by atoms with van der Waals surface area (Å²) < 4.78 is 5.68. The van der Waals surface area contributed by atoms with Gasteiger partial charge in [0.05, 0.1) is 0 Å². The average molecular weight is 290 g/mol. The second-order valence-electron chi connectivity index (χ2n) is 6.02. The van der Waals surface area contributed by atoms with Gasteiger partial charge >= 0.3 is 5.97 Å². The first-order chi connectivity index (χ1) is 10.1. The van der Waals surface area contributed by atoms with Crippen LogP contribution >= 0.6 is 0 Å². The molecular weight excluding hydrogens is 268 g/mol. The molecule has 1 aromatic rings. The highest BCUT2D eigenvalue weighted by Crippen LogP contribution is 2.27. The van der Waals surface area contributed by atoms with E-state index in [1.54, 1.807) is 6.07 Å². The number of ether oxygens (including phenoxy) is 1. The minimum atomic E-state index is -0.957. The molecule has 0 unspecified atom stereocenters. The number of nitrogens with zero attached hydrogens (tertiary/aromatic N) is 2. The van der Waals surface area contributed by atoms with E-state index in [1.165, 1.54) is 12.8 Å². The summed E-state index contributed by atoms with van der Waals surface area (Å²) in [5.74, 6) is -0.672. The Morgan fingerprint density at radius 3 is 2.90 bits per heavy atom. The number of carboxylic acids is 1. The van der Waals surface area contributed by atoms with Crippen molar-refractivity contribution in [2.45, 2.75) is 44.6 Å². The molecule has 0 aromatic carbocycles. The highest BCUT2D eigenvalue weighted by molar-refractivity contribution is 5.90. The zero-order chi connectivity index (χ0) is 14.8. The minimum Gasteiger partial charge on any atom is -0.477 e. The van der Waals surface area contributed by atoms with E-state index in [0.29, 0.717) is 12.6 Å². The number of rotatable bonds is 6. The van der Waals surface area contributed by atoms with Gasteiger partial charge in [-0.15, -0.1) is 0 Å². The van der Waals surface area contributed by atoms with Gasteiger partial charge in [-0.05, 0) is 57.2 Å². The lowest BCUT2D eigenvalue weighted by Crippen LogP contribution is -2.26. The molecule has 0 atom stereocenters. The minimum absolute atomic E-state index is 0.199. The number of carboxylic acid groups (broad SMARTS) is 1. The van der Waals surface area contributed by atoms with Crippen molar-refractivity contribution in [3.8, 4) is 5.88 Å². The summed E-state index contributed by atoms with van der Waals surface area (Å²) in [5, 5.41) is 9.34. The largest absolute Gasteiger partial charge is 0.477 e. The zero-order valence-corrected chi connectivity index (χ0v) is 12.5. The van der Waals surface area contributed by atoms with Crippen LogP contribution in [0, 0.1) is 0 Å². The lowest BCUT2D eigenvalue weighted by molar-refractivity contribution is 0.0690. The topological polar surface area (TPSA) is 62.7 Å². The third-order valence-corrected chi connectivity index (χ3v) is 4.35. The molecule has 1 aromatic heterocycles. The first kappa shape index (κ1) is 14.3. The molecule has 3 rings (SSSR count). The average Bonchev–Trinajstić information content (AvgIpc) is 3.30. The number of aromatic carboxylic acids is 1. The fraction of sp³-hybridized carbons (Fsp3) is 0.625. The lowest BCUT2D eigenvalue weighted by atomic mass is 9.95. The molecule has 2 aliphatic carbocycles. The molecule has 5 nitrogen and oxygen atoms in total. The number of hydrogen-bond acceptors (Lipinski definition) is 4. The van der Waals surface area contributed by atoms with Crippen LogP contribution in [0.4, 0.5) is 0 Å². The third kappa shape index (κ3) is 3.35. The van der Waals surface area contributed by atoms with Crippen LogP contribution in [0.25, 0.3) is 0 Å². The van der Waals surface area contributed by atoms with Crippen LogP contribution in [0.15, 0.2) is 6.07 Å². The van der Waals surface area contributed by atoms with Crippen LogP contribution in [0.1, 0.15) is 47.3 Å². The summed E-state index contributed by atoms with van der Waals surface area (Å²) in [6, 6.07) is 2.44. The summed E-state index contributed by atoms with van der Waals surface area (Å²) in [6.45, 7) is 1.29. The van der Waals surface area contributed by atoms with E-state index in [1.807, 2.05) is 0 Å². The Balaban J connectivity index is 1.71. The maximum absolute atomic E-state index is 11.4. The van der Waals surface area contributed by atoms with Crippen molar-refractivity contribution in [3.63, 3.8) is 0 Å². The van der Waals surface area contributed by atoms with Gasteiger partial charge in [0.25, 0.3) is 0 Å². The number of likely N-dealkylation sites (N-methyl/N-ethyl adjacent to an activating group) is 1. The van der Waals surface area contributed by atoms with E-state index < -0.39 is 5.97 Å². The molecule has 0 amide bonds. The van der Waals surface area contributed by atoms with Gasteiger partial charge in [0.1, 0.15) is 12.2 Å². The Morgan fingerprint density at radius 2 is 2.19 bits per heavy atom. The van der Waals surface area contributed by atoms with E-state index in [0.717, 1.165) is 43.5 Å². The highest BCUT2D eigenvalue weighted by Gasteiger charge is 2.26. The Hall–Kier alpha value is -1.62. The molecule has 114 valence electrons. The fourth-order valence-electron chi connectivity index (χ4n) is 2.86. The van der Waals surface area contributed by atoms with Crippen LogP contribution in [-0.4, -0.2) is 47.2 Å². The molecule has 0 spiro atoms. The molecule has 1 N–H and O–H groups in total. The van der Waals surface area contributed by atoms with Crippen LogP contribution in [0.3, 0.4) is 0 Å². The number of fused-ring (bicyclic) bond motifs is 1. The third-order valence-electron chi connectivity index (χ3n) is 4.35. The van der Waals surface area contributed by atoms with Crippen LogP contribution in [0.5, 0.6) is 5.88 Å². The molecule has 0 radical (unpaired) electrons. The van der Waals surface area contributed by atoms with E-state index in [9.17, 15) is 9.90 Å². The van der Waals surface area contributed by atoms with Gasteiger partial charge < -0.3 is 14.7 Å². The molecule has 1 saturated carbocycles. The maximum atomic E-state index is 11.4. The number of aromatic nitrogens is 1. The summed E-state index contributed by atoms with van der Waals surface area (Å²) in [5.41, 5.74) is 2.28. The fourth-order valence-corrected chi connectivity index (χ4v) is 2.86. The van der Waals surface area contributed by atoms with Gasteiger partial charge in [0.15, 0.2) is 0 Å². The van der Waals surface area contributed by atoms with Gasteiger partial charge in [0, 0.05) is 18.3 Å². The predicted molar refractivity (Wildman–Crippen MR) is 79.0 cm³/mol. The van der Waals surface area contributed by atoms with Crippen molar-refractivity contribution >= 4 is 5.97 Å². The second kappa shape index (κ2) is 6.02. The molecule has 1 fully saturated rings. The van der Waals surface area contributed by atoms with Crippen LogP contribution in [-0.2, 0) is 12.8 Å². The number of hydrogen-bond donors (Lipinski definition) is 1. The zero-order valence-electron chi connectivity index (χ0n) is 12.5. The predicted octanol–water partition coefficient (Wildman–Crippen LogP) is 2.13. The normalized spacial score (nSPS) is 17.6. The van der Waals surface area contributed by atoms with Crippen molar-refractivity contribution in [2.75, 3.05) is 20.2 Å². The van der Waals surface area contributed by atoms with Crippen molar-refractivity contribution in [2.24, 2.45) is 0 Å². The summed E-state index contributed by atoms with van der Waals surface area (Å²) >= 11 is 0. The van der Waals surface area contributed by atoms with E-state index in [-0.39, 0.29) is 11.4 Å². The van der Waals surface area contributed by atoms with Gasteiger partial charge in [0.2, 0.25) is 5.88 Å². The molecule has 5 heteroatoms. The standard InChI is InChI=1S/C16H22N2O3/c1-18(12-6-7-12)8-9-21-15-13(16(19)20)10-11-4-2-3-5-14(11)17-15/h10,12H,2-9H2,1H3,(H,19,20). The number of carbonyl (C=O) groups is 1. The molecule has 0 saturated heterocycles. The Labute approximate surface area is 124 Å². The van der Waals surface area contributed by atoms with Gasteiger partial charge in [-0.2, -0.15) is 0 Å². The quantitative estimate of drug-likeness (QED) is 0.869. The summed E-state index contributed by atoms with van der Waals surface area (Å²) in [6.07, 6.45) is 6.60. The van der Waals surface area contributed by atoms with E-state index in [4.69, 9.17) is 4.74 Å². The van der Waals surface area contributed by atoms with Gasteiger partial charge in [-0.25, -0.2) is 9.78 Å². The van der Waals surface area contributed by atoms with Crippen molar-refractivity contribution in [3.05, 3.63) is 22.9 Å². The van der Waals surface area contributed by atoms with Crippen LogP contribution < -0.4 is 4.74 Å². The van der Waals surface area contributed by atoms with E-state index in [2.05, 4.69) is 16.9 Å². The first-order valence-electron chi connectivity index (χ1n) is 7.74. The Bertz CT molecular complexity index is 541. The highest BCUT2D eigenvalue weighted by atomic mass is 16.5. The molecule has 1 heterocycles. The maximum Gasteiger partial charge on any atom is 0.341 e. The van der Waals surface area contributed by atoms with Gasteiger partial charge in [-0.3, -0.25) is 0 Å². The molecular formula is C16H22N2O3. The van der Waals surface area contributed by atoms with Crippen LogP contribution in [0.2, 0.25) is 0 Å². The molecule has 0 aliphatic heterocycles. The Kier molecular flexibility index (Phi) is 4.10. The summed E-state index contributed by atoms with van der Waals surface area (Å²) in [4.78, 5) is 18.1. The van der Waals surface area contributed by atoms with Crippen molar-refractivity contribution < 1.29 is 14.6 Å². The lowest BCUT2D eigenvalue weighted by Gasteiger charge is -2.19. The van der Waals surface area contributed by atoms with Gasteiger partial charge in [-0.1, -0.05) is 0 Å².